The highest BCUT2D eigenvalue weighted by Crippen LogP contribution is 2.16. The number of methoxy groups -OCH3 is 1. The molecule has 1 aliphatic rings. The van der Waals surface area contributed by atoms with Crippen molar-refractivity contribution in [3.63, 3.8) is 0 Å². The van der Waals surface area contributed by atoms with E-state index in [-0.39, 0.29) is 5.91 Å². The second kappa shape index (κ2) is 11.0. The second-order valence-electron chi connectivity index (χ2n) is 7.73. The molecule has 0 radical (unpaired) electrons. The summed E-state index contributed by atoms with van der Waals surface area (Å²) in [4.78, 5) is 15.0. The van der Waals surface area contributed by atoms with Crippen LogP contribution in [0.15, 0.2) is 48.5 Å². The first-order valence-corrected chi connectivity index (χ1v) is 10.7. The summed E-state index contributed by atoms with van der Waals surface area (Å²) in [5.74, 6) is 0.628. The van der Waals surface area contributed by atoms with E-state index in [2.05, 4.69) is 28.5 Å². The van der Waals surface area contributed by atoms with E-state index < -0.39 is 0 Å². The molecule has 156 valence electrons. The van der Waals surface area contributed by atoms with Gasteiger partial charge in [-0.1, -0.05) is 25.5 Å². The highest BCUT2D eigenvalue weighted by molar-refractivity contribution is 6.04. The third-order valence-corrected chi connectivity index (χ3v) is 5.55. The molecule has 0 unspecified atom stereocenters. The largest absolute Gasteiger partial charge is 0.497 e. The minimum absolute atomic E-state index is 0.114. The van der Waals surface area contributed by atoms with Crippen LogP contribution in [-0.4, -0.2) is 43.6 Å². The number of nitrogens with one attached hydrogen (secondary N) is 2. The van der Waals surface area contributed by atoms with Crippen LogP contribution in [0.4, 0.5) is 5.69 Å². The van der Waals surface area contributed by atoms with Crippen molar-refractivity contribution in [2.45, 2.75) is 45.2 Å². The monoisotopic (exact) mass is 395 g/mol. The van der Waals surface area contributed by atoms with Crippen molar-refractivity contribution in [3.05, 3.63) is 59.7 Å². The fourth-order valence-electron chi connectivity index (χ4n) is 3.71. The van der Waals surface area contributed by atoms with Gasteiger partial charge in [0.1, 0.15) is 5.75 Å². The van der Waals surface area contributed by atoms with Crippen molar-refractivity contribution in [3.8, 4) is 5.75 Å². The van der Waals surface area contributed by atoms with E-state index in [9.17, 15) is 4.79 Å². The van der Waals surface area contributed by atoms with Gasteiger partial charge in [0, 0.05) is 23.8 Å². The molecule has 2 N–H and O–H groups in total. The molecule has 29 heavy (non-hydrogen) atoms. The van der Waals surface area contributed by atoms with Gasteiger partial charge < -0.3 is 20.3 Å². The van der Waals surface area contributed by atoms with Gasteiger partial charge in [-0.3, -0.25) is 4.79 Å². The Labute approximate surface area is 174 Å². The smallest absolute Gasteiger partial charge is 0.255 e. The molecule has 1 heterocycles. The minimum Gasteiger partial charge on any atom is -0.497 e. The van der Waals surface area contributed by atoms with Gasteiger partial charge in [0.15, 0.2) is 0 Å². The SMILES string of the molecule is CCCCN1CCC(NCc2cccc(NC(=O)c3ccc(OC)cc3)c2)CC1. The van der Waals surface area contributed by atoms with E-state index in [0.29, 0.717) is 11.6 Å². The maximum absolute atomic E-state index is 12.5. The van der Waals surface area contributed by atoms with Crippen LogP contribution >= 0.6 is 0 Å². The molecule has 0 bridgehead atoms. The number of carbonyl (C=O) groups is 1. The number of benzene rings is 2. The molecule has 0 aromatic heterocycles. The zero-order valence-electron chi connectivity index (χ0n) is 17.6. The summed E-state index contributed by atoms with van der Waals surface area (Å²) in [7, 11) is 1.62. The molecule has 0 atom stereocenters. The van der Waals surface area contributed by atoms with Gasteiger partial charge >= 0.3 is 0 Å². The zero-order chi connectivity index (χ0) is 20.5. The molecule has 0 aliphatic carbocycles. The van der Waals surface area contributed by atoms with Gasteiger partial charge in [0.2, 0.25) is 0 Å². The van der Waals surface area contributed by atoms with Crippen molar-refractivity contribution < 1.29 is 9.53 Å². The van der Waals surface area contributed by atoms with Crippen LogP contribution < -0.4 is 15.4 Å². The standard InChI is InChI=1S/C24H33N3O2/c1-3-4-14-27-15-12-21(13-16-27)25-18-19-6-5-7-22(17-19)26-24(28)20-8-10-23(29-2)11-9-20/h5-11,17,21,25H,3-4,12-16,18H2,1-2H3,(H,26,28). The van der Waals surface area contributed by atoms with Crippen LogP contribution in [-0.2, 0) is 6.54 Å². The number of carbonyl (C=O) groups excluding carboxylic acids is 1. The van der Waals surface area contributed by atoms with Gasteiger partial charge in [-0.2, -0.15) is 0 Å². The Hall–Kier alpha value is -2.37. The van der Waals surface area contributed by atoms with E-state index in [1.807, 2.05) is 18.2 Å². The Balaban J connectivity index is 1.47. The van der Waals surface area contributed by atoms with Crippen LogP contribution in [0.5, 0.6) is 5.75 Å². The summed E-state index contributed by atoms with van der Waals surface area (Å²) in [5, 5.41) is 6.67. The van der Waals surface area contributed by atoms with Gasteiger partial charge in [-0.25, -0.2) is 0 Å². The summed E-state index contributed by atoms with van der Waals surface area (Å²) < 4.78 is 5.14. The lowest BCUT2D eigenvalue weighted by Gasteiger charge is -2.32. The lowest BCUT2D eigenvalue weighted by atomic mass is 10.0. The van der Waals surface area contributed by atoms with Crippen molar-refractivity contribution in [2.75, 3.05) is 32.1 Å². The van der Waals surface area contributed by atoms with Crippen LogP contribution in [0.25, 0.3) is 0 Å². The Morgan fingerprint density at radius 3 is 2.59 bits per heavy atom. The summed E-state index contributed by atoms with van der Waals surface area (Å²) in [5.41, 5.74) is 2.62. The molecule has 3 rings (SSSR count). The molecule has 2 aromatic carbocycles. The number of nitrogens with zero attached hydrogens (tertiary/aromatic N) is 1. The molecule has 1 fully saturated rings. The molecule has 2 aromatic rings. The Bertz CT molecular complexity index is 768. The first kappa shape index (κ1) is 21.3. The summed E-state index contributed by atoms with van der Waals surface area (Å²) >= 11 is 0. The van der Waals surface area contributed by atoms with Gasteiger partial charge in [0.05, 0.1) is 7.11 Å². The van der Waals surface area contributed by atoms with Crippen molar-refractivity contribution in [2.24, 2.45) is 0 Å². The normalized spacial score (nSPS) is 15.2. The third-order valence-electron chi connectivity index (χ3n) is 5.55. The van der Waals surface area contributed by atoms with E-state index in [1.54, 1.807) is 31.4 Å². The van der Waals surface area contributed by atoms with Gasteiger partial charge in [0.25, 0.3) is 5.91 Å². The molecule has 5 heteroatoms. The van der Waals surface area contributed by atoms with Crippen LogP contribution in [0.2, 0.25) is 0 Å². The van der Waals surface area contributed by atoms with Crippen molar-refractivity contribution in [1.82, 2.24) is 10.2 Å². The van der Waals surface area contributed by atoms with E-state index >= 15 is 0 Å². The molecular weight excluding hydrogens is 362 g/mol. The van der Waals surface area contributed by atoms with Gasteiger partial charge in [-0.15, -0.1) is 0 Å². The minimum atomic E-state index is -0.114. The van der Waals surface area contributed by atoms with E-state index in [0.717, 1.165) is 18.0 Å². The number of piperidine rings is 1. The lowest BCUT2D eigenvalue weighted by molar-refractivity contribution is 0.102. The van der Waals surface area contributed by atoms with E-state index in [4.69, 9.17) is 4.74 Å². The quantitative estimate of drug-likeness (QED) is 0.665. The molecule has 5 nitrogen and oxygen atoms in total. The lowest BCUT2D eigenvalue weighted by Crippen LogP contribution is -2.42. The third kappa shape index (κ3) is 6.58. The summed E-state index contributed by atoms with van der Waals surface area (Å²) in [6.45, 7) is 6.69. The topological polar surface area (TPSA) is 53.6 Å². The maximum atomic E-state index is 12.5. The second-order valence-corrected chi connectivity index (χ2v) is 7.73. The number of hydrogen-bond donors (Lipinski definition) is 2. The first-order valence-electron chi connectivity index (χ1n) is 10.7. The highest BCUT2D eigenvalue weighted by Gasteiger charge is 2.18. The molecular formula is C24H33N3O2. The number of likely N-dealkylation sites (tertiary alicyclic amines) is 1. The number of hydrogen-bond acceptors (Lipinski definition) is 4. The van der Waals surface area contributed by atoms with Crippen LogP contribution in [0, 0.1) is 0 Å². The number of unbranched alkanes of at least 4 members (excludes halogenated alkanes) is 1. The summed E-state index contributed by atoms with van der Waals surface area (Å²) in [6, 6.07) is 15.8. The molecule has 1 aliphatic heterocycles. The highest BCUT2D eigenvalue weighted by atomic mass is 16.5. The molecule has 1 saturated heterocycles. The van der Waals surface area contributed by atoms with Gasteiger partial charge in [-0.05, 0) is 80.9 Å². The van der Waals surface area contributed by atoms with Crippen LogP contribution in [0.1, 0.15) is 48.5 Å². The molecule has 1 amide bonds. The fraction of sp³-hybridized carbons (Fsp3) is 0.458. The van der Waals surface area contributed by atoms with Crippen molar-refractivity contribution in [1.29, 1.82) is 0 Å². The Kier molecular flexibility index (Phi) is 8.08. The predicted octanol–water partition coefficient (Wildman–Crippen LogP) is 4.30. The molecule has 0 spiro atoms. The van der Waals surface area contributed by atoms with Crippen molar-refractivity contribution >= 4 is 11.6 Å². The average Bonchev–Trinajstić information content (AvgIpc) is 2.77. The average molecular weight is 396 g/mol. The Morgan fingerprint density at radius 2 is 1.90 bits per heavy atom. The maximum Gasteiger partial charge on any atom is 0.255 e. The molecule has 0 saturated carbocycles. The van der Waals surface area contributed by atoms with E-state index in [1.165, 1.54) is 50.9 Å². The Morgan fingerprint density at radius 1 is 1.14 bits per heavy atom. The predicted molar refractivity (Wildman–Crippen MR) is 119 cm³/mol. The first-order chi connectivity index (χ1) is 14.2. The summed E-state index contributed by atoms with van der Waals surface area (Å²) in [6.07, 6.45) is 4.98. The number of amides is 1. The fourth-order valence-corrected chi connectivity index (χ4v) is 3.71. The number of anilines is 1. The number of rotatable bonds is 9. The zero-order valence-corrected chi connectivity index (χ0v) is 17.6. The number of ether oxygens (including phenoxy) is 1. The van der Waals surface area contributed by atoms with Crippen LogP contribution in [0.3, 0.4) is 0 Å².